The number of hydrogen-bond acceptors (Lipinski definition) is 4. The molecule has 0 saturated carbocycles. The van der Waals surface area contributed by atoms with E-state index in [0.29, 0.717) is 11.4 Å². The zero-order chi connectivity index (χ0) is 10.7. The second kappa shape index (κ2) is 4.00. The Kier molecular flexibility index (Phi) is 2.53. The van der Waals surface area contributed by atoms with Crippen LogP contribution in [0.4, 0.5) is 10.4 Å². The van der Waals surface area contributed by atoms with E-state index < -0.39 is 0 Å². The van der Waals surface area contributed by atoms with Crippen LogP contribution in [-0.2, 0) is 6.61 Å². The highest BCUT2D eigenvalue weighted by Crippen LogP contribution is 2.14. The van der Waals surface area contributed by atoms with Crippen LogP contribution < -0.4 is 10.5 Å². The Labute approximate surface area is 85.5 Å². The average Bonchev–Trinajstić information content (AvgIpc) is 2.62. The van der Waals surface area contributed by atoms with Crippen LogP contribution in [0.15, 0.2) is 34.9 Å². The molecule has 1 heterocycles. The van der Waals surface area contributed by atoms with Gasteiger partial charge in [-0.05, 0) is 12.1 Å². The Morgan fingerprint density at radius 2 is 2.33 bits per heavy atom. The number of ether oxygens (including phenoxy) is 1. The molecule has 0 aliphatic rings. The van der Waals surface area contributed by atoms with Crippen molar-refractivity contribution in [2.45, 2.75) is 6.61 Å². The molecule has 2 rings (SSSR count). The normalized spacial score (nSPS) is 10.2. The third kappa shape index (κ3) is 2.46. The van der Waals surface area contributed by atoms with Crippen molar-refractivity contribution < 1.29 is 13.5 Å². The second-order valence-corrected chi connectivity index (χ2v) is 2.92. The van der Waals surface area contributed by atoms with Gasteiger partial charge in [0.25, 0.3) is 6.01 Å². The Balaban J connectivity index is 1.99. The zero-order valence-corrected chi connectivity index (χ0v) is 7.81. The molecule has 0 amide bonds. The fraction of sp³-hybridized carbons (Fsp3) is 0.100. The minimum atomic E-state index is -0.341. The van der Waals surface area contributed by atoms with Crippen molar-refractivity contribution in [2.24, 2.45) is 0 Å². The predicted octanol–water partition coefficient (Wildman–Crippen LogP) is 1.97. The van der Waals surface area contributed by atoms with Gasteiger partial charge in [-0.1, -0.05) is 6.07 Å². The van der Waals surface area contributed by atoms with E-state index in [0.717, 1.165) is 0 Å². The number of halogens is 1. The highest BCUT2D eigenvalue weighted by molar-refractivity contribution is 5.22. The van der Waals surface area contributed by atoms with Gasteiger partial charge in [0.05, 0.1) is 0 Å². The minimum Gasteiger partial charge on any atom is -0.487 e. The molecule has 0 fully saturated rings. The summed E-state index contributed by atoms with van der Waals surface area (Å²) in [5.74, 6) is 0.101. The second-order valence-electron chi connectivity index (χ2n) is 2.92. The number of nitrogens with two attached hydrogens (primary N) is 1. The summed E-state index contributed by atoms with van der Waals surface area (Å²) in [6, 6.07) is 5.96. The maximum absolute atomic E-state index is 12.8. The monoisotopic (exact) mass is 208 g/mol. The first-order valence-corrected chi connectivity index (χ1v) is 4.32. The number of benzene rings is 1. The lowest BCUT2D eigenvalue weighted by molar-refractivity contribution is 0.299. The lowest BCUT2D eigenvalue weighted by Crippen LogP contribution is -1.96. The molecule has 2 N–H and O–H groups in total. The molecular formula is C10H9FN2O2. The van der Waals surface area contributed by atoms with Gasteiger partial charge in [0.1, 0.15) is 30.1 Å². The van der Waals surface area contributed by atoms with Crippen LogP contribution in [0, 0.1) is 5.82 Å². The Morgan fingerprint density at radius 3 is 3.00 bits per heavy atom. The smallest absolute Gasteiger partial charge is 0.292 e. The number of oxazole rings is 1. The van der Waals surface area contributed by atoms with E-state index in [9.17, 15) is 4.39 Å². The van der Waals surface area contributed by atoms with Crippen LogP contribution in [0.25, 0.3) is 0 Å². The van der Waals surface area contributed by atoms with Crippen molar-refractivity contribution in [3.05, 3.63) is 42.0 Å². The summed E-state index contributed by atoms with van der Waals surface area (Å²) >= 11 is 0. The van der Waals surface area contributed by atoms with E-state index in [1.165, 1.54) is 18.4 Å². The van der Waals surface area contributed by atoms with Gasteiger partial charge in [-0.15, -0.1) is 0 Å². The molecule has 5 heteroatoms. The van der Waals surface area contributed by atoms with E-state index in [1.54, 1.807) is 12.1 Å². The molecule has 0 radical (unpaired) electrons. The van der Waals surface area contributed by atoms with E-state index in [-0.39, 0.29) is 18.4 Å². The van der Waals surface area contributed by atoms with Crippen LogP contribution in [0.1, 0.15) is 5.69 Å². The summed E-state index contributed by atoms with van der Waals surface area (Å²) in [7, 11) is 0. The van der Waals surface area contributed by atoms with Gasteiger partial charge in [0.2, 0.25) is 0 Å². The Bertz CT molecular complexity index is 456. The molecule has 0 spiro atoms. The SMILES string of the molecule is Nc1nc(COc2cccc(F)c2)co1. The summed E-state index contributed by atoms with van der Waals surface area (Å²) in [6.45, 7) is 0.199. The topological polar surface area (TPSA) is 61.3 Å². The number of hydrogen-bond donors (Lipinski definition) is 1. The Hall–Kier alpha value is -2.04. The van der Waals surface area contributed by atoms with Gasteiger partial charge in [-0.25, -0.2) is 4.39 Å². The van der Waals surface area contributed by atoms with Crippen molar-refractivity contribution in [3.8, 4) is 5.75 Å². The van der Waals surface area contributed by atoms with Gasteiger partial charge >= 0.3 is 0 Å². The summed E-state index contributed by atoms with van der Waals surface area (Å²) in [5.41, 5.74) is 5.84. The minimum absolute atomic E-state index is 0.0906. The molecule has 0 bridgehead atoms. The van der Waals surface area contributed by atoms with Gasteiger partial charge in [0.15, 0.2) is 0 Å². The average molecular weight is 208 g/mol. The van der Waals surface area contributed by atoms with Crippen LogP contribution >= 0.6 is 0 Å². The first-order chi connectivity index (χ1) is 7.24. The third-order valence-electron chi connectivity index (χ3n) is 1.75. The first kappa shape index (κ1) is 9.51. The van der Waals surface area contributed by atoms with Crippen LogP contribution in [0.5, 0.6) is 5.75 Å². The van der Waals surface area contributed by atoms with Gasteiger partial charge in [0, 0.05) is 6.07 Å². The Morgan fingerprint density at radius 1 is 1.47 bits per heavy atom. The molecule has 0 aliphatic heterocycles. The highest BCUT2D eigenvalue weighted by Gasteiger charge is 2.01. The molecule has 0 aliphatic carbocycles. The fourth-order valence-electron chi connectivity index (χ4n) is 1.10. The number of anilines is 1. The lowest BCUT2D eigenvalue weighted by atomic mass is 10.3. The third-order valence-corrected chi connectivity index (χ3v) is 1.75. The highest BCUT2D eigenvalue weighted by atomic mass is 19.1. The van der Waals surface area contributed by atoms with Crippen molar-refractivity contribution in [1.82, 2.24) is 4.98 Å². The van der Waals surface area contributed by atoms with Crippen molar-refractivity contribution in [2.75, 3.05) is 5.73 Å². The molecule has 2 aromatic rings. The number of nitrogens with zero attached hydrogens (tertiary/aromatic N) is 1. The molecule has 0 unspecified atom stereocenters. The van der Waals surface area contributed by atoms with E-state index in [1.807, 2.05) is 0 Å². The van der Waals surface area contributed by atoms with Crippen LogP contribution in [-0.4, -0.2) is 4.98 Å². The predicted molar refractivity (Wildman–Crippen MR) is 51.6 cm³/mol. The standard InChI is InChI=1S/C10H9FN2O2/c11-7-2-1-3-9(4-7)14-5-8-6-15-10(12)13-8/h1-4,6H,5H2,(H2,12,13). The summed E-state index contributed by atoms with van der Waals surface area (Å²) in [4.78, 5) is 3.84. The van der Waals surface area contributed by atoms with Gasteiger partial charge in [-0.2, -0.15) is 4.98 Å². The summed E-state index contributed by atoms with van der Waals surface area (Å²) in [6.07, 6.45) is 1.40. The van der Waals surface area contributed by atoms with Gasteiger partial charge < -0.3 is 14.9 Å². The molecule has 15 heavy (non-hydrogen) atoms. The zero-order valence-electron chi connectivity index (χ0n) is 7.81. The molecule has 0 atom stereocenters. The van der Waals surface area contributed by atoms with E-state index in [2.05, 4.69) is 4.98 Å². The van der Waals surface area contributed by atoms with Gasteiger partial charge in [-0.3, -0.25) is 0 Å². The molecule has 0 saturated heterocycles. The van der Waals surface area contributed by atoms with Crippen molar-refractivity contribution >= 4 is 6.01 Å². The van der Waals surface area contributed by atoms with Crippen LogP contribution in [0.3, 0.4) is 0 Å². The summed E-state index contributed by atoms with van der Waals surface area (Å²) < 4.78 is 22.8. The lowest BCUT2D eigenvalue weighted by Gasteiger charge is -2.02. The molecule has 1 aromatic carbocycles. The summed E-state index contributed by atoms with van der Waals surface area (Å²) in [5, 5.41) is 0. The quantitative estimate of drug-likeness (QED) is 0.837. The number of nitrogen functional groups attached to an aromatic ring is 1. The maximum atomic E-state index is 12.8. The number of rotatable bonds is 3. The van der Waals surface area contributed by atoms with Crippen molar-refractivity contribution in [1.29, 1.82) is 0 Å². The fourth-order valence-corrected chi connectivity index (χ4v) is 1.10. The molecular weight excluding hydrogens is 199 g/mol. The maximum Gasteiger partial charge on any atom is 0.292 e. The largest absolute Gasteiger partial charge is 0.487 e. The van der Waals surface area contributed by atoms with Crippen LogP contribution in [0.2, 0.25) is 0 Å². The molecule has 1 aromatic heterocycles. The van der Waals surface area contributed by atoms with Crippen molar-refractivity contribution in [3.63, 3.8) is 0 Å². The molecule has 4 nitrogen and oxygen atoms in total. The molecule has 78 valence electrons. The van der Waals surface area contributed by atoms with E-state index in [4.69, 9.17) is 14.9 Å². The number of aromatic nitrogens is 1. The van der Waals surface area contributed by atoms with E-state index >= 15 is 0 Å². The first-order valence-electron chi connectivity index (χ1n) is 4.32.